The topological polar surface area (TPSA) is 102 Å². The molecule has 2 aromatic carbocycles. The van der Waals surface area contributed by atoms with Gasteiger partial charge in [-0.2, -0.15) is 4.73 Å². The zero-order chi connectivity index (χ0) is 20.3. The van der Waals surface area contributed by atoms with Gasteiger partial charge in [-0.25, -0.2) is 9.78 Å². The van der Waals surface area contributed by atoms with Crippen molar-refractivity contribution in [2.75, 3.05) is 14.2 Å². The molecule has 8 nitrogen and oxygen atoms in total. The third kappa shape index (κ3) is 3.57. The number of ketones is 1. The average molecular weight is 382 g/mol. The molecule has 0 amide bonds. The van der Waals surface area contributed by atoms with Crippen LogP contribution in [0.5, 0.6) is 11.5 Å². The van der Waals surface area contributed by atoms with E-state index in [1.54, 1.807) is 30.3 Å². The van der Waals surface area contributed by atoms with E-state index < -0.39 is 11.8 Å². The average Bonchev–Trinajstić information content (AvgIpc) is 2.71. The van der Waals surface area contributed by atoms with Gasteiger partial charge in [-0.3, -0.25) is 4.79 Å². The predicted molar refractivity (Wildman–Crippen MR) is 99.4 cm³/mol. The molecule has 0 saturated carbocycles. The van der Waals surface area contributed by atoms with Crippen LogP contribution in [-0.4, -0.2) is 31.0 Å². The van der Waals surface area contributed by atoms with Crippen LogP contribution in [-0.2, 0) is 11.3 Å². The van der Waals surface area contributed by atoms with E-state index in [0.29, 0.717) is 21.7 Å². The van der Waals surface area contributed by atoms with E-state index in [2.05, 4.69) is 4.98 Å². The molecule has 3 rings (SSSR count). The van der Waals surface area contributed by atoms with Crippen molar-refractivity contribution in [3.63, 3.8) is 0 Å². The maximum atomic E-state index is 12.5. The third-order valence-electron chi connectivity index (χ3n) is 4.13. The Bertz CT molecular complexity index is 1060. The number of Topliss-reactive ketones (excluding diaryl/α,β-unsaturated/α-hetero) is 1. The van der Waals surface area contributed by atoms with Gasteiger partial charge in [0, 0.05) is 13.0 Å². The molecule has 1 aromatic heterocycles. The number of carbonyl (C=O) groups is 2. The summed E-state index contributed by atoms with van der Waals surface area (Å²) in [5.74, 6) is -0.266. The van der Waals surface area contributed by atoms with Crippen LogP contribution < -0.4 is 14.2 Å². The fourth-order valence-corrected chi connectivity index (χ4v) is 2.79. The van der Waals surface area contributed by atoms with E-state index in [0.717, 1.165) is 0 Å². The molecular weight excluding hydrogens is 364 g/mol. The number of aromatic nitrogens is 2. The summed E-state index contributed by atoms with van der Waals surface area (Å²) in [5, 5.41) is 12.5. The fourth-order valence-electron chi connectivity index (χ4n) is 2.79. The van der Waals surface area contributed by atoms with Crippen LogP contribution in [0.2, 0.25) is 0 Å². The first-order valence-corrected chi connectivity index (χ1v) is 8.37. The van der Waals surface area contributed by atoms with E-state index in [-0.39, 0.29) is 29.1 Å². The highest BCUT2D eigenvalue weighted by Gasteiger charge is 2.24. The summed E-state index contributed by atoms with van der Waals surface area (Å²) in [4.78, 5) is 28.7. The maximum Gasteiger partial charge on any atom is 0.338 e. The lowest BCUT2D eigenvalue weighted by atomic mass is 10.2. The molecule has 0 unspecified atom stereocenters. The number of nitrogens with zero attached hydrogens (tertiary/aromatic N) is 2. The highest BCUT2D eigenvalue weighted by molar-refractivity contribution is 5.93. The van der Waals surface area contributed by atoms with Gasteiger partial charge >= 0.3 is 5.97 Å². The smallest absolute Gasteiger partial charge is 0.338 e. The van der Waals surface area contributed by atoms with Crippen molar-refractivity contribution in [1.29, 1.82) is 0 Å². The number of fused-ring (bicyclic) bond motifs is 1. The van der Waals surface area contributed by atoms with Crippen LogP contribution in [0.4, 0.5) is 0 Å². The van der Waals surface area contributed by atoms with Crippen molar-refractivity contribution in [1.82, 2.24) is 4.98 Å². The Balaban J connectivity index is 1.90. The van der Waals surface area contributed by atoms with Crippen LogP contribution >= 0.6 is 0 Å². The van der Waals surface area contributed by atoms with Crippen molar-refractivity contribution < 1.29 is 28.5 Å². The van der Waals surface area contributed by atoms with Crippen LogP contribution in [0.25, 0.3) is 11.0 Å². The molecule has 0 spiro atoms. The normalized spacial score (nSPS) is 10.5. The van der Waals surface area contributed by atoms with Crippen LogP contribution in [0, 0.1) is 5.21 Å². The summed E-state index contributed by atoms with van der Waals surface area (Å²) in [6, 6.07) is 11.2. The number of rotatable bonds is 6. The molecule has 0 bridgehead atoms. The number of esters is 1. The van der Waals surface area contributed by atoms with Gasteiger partial charge in [0.2, 0.25) is 11.3 Å². The van der Waals surface area contributed by atoms with Crippen molar-refractivity contribution >= 4 is 22.8 Å². The Morgan fingerprint density at radius 2 is 1.79 bits per heavy atom. The fraction of sp³-hybridized carbons (Fsp3) is 0.200. The number of hydrogen-bond donors (Lipinski definition) is 0. The number of benzene rings is 2. The number of para-hydroxylation sites is 2. The summed E-state index contributed by atoms with van der Waals surface area (Å²) in [7, 11) is 2.95. The Morgan fingerprint density at radius 1 is 1.07 bits per heavy atom. The van der Waals surface area contributed by atoms with E-state index >= 15 is 0 Å². The summed E-state index contributed by atoms with van der Waals surface area (Å²) in [6.07, 6.45) is 0. The van der Waals surface area contributed by atoms with Gasteiger partial charge in [0.1, 0.15) is 12.1 Å². The number of hydrogen-bond acceptors (Lipinski definition) is 7. The summed E-state index contributed by atoms with van der Waals surface area (Å²) in [6.45, 7) is 0.939. The molecule has 0 aliphatic heterocycles. The second kappa shape index (κ2) is 7.91. The quantitative estimate of drug-likeness (QED) is 0.279. The first kappa shape index (κ1) is 19.1. The van der Waals surface area contributed by atoms with Gasteiger partial charge in [-0.15, -0.1) is 0 Å². The van der Waals surface area contributed by atoms with Crippen molar-refractivity contribution in [2.45, 2.75) is 13.5 Å². The molecule has 28 heavy (non-hydrogen) atoms. The molecule has 0 radical (unpaired) electrons. The Hall–Kier alpha value is -3.68. The SMILES string of the molecule is COc1ccc(C(=O)OCc2nc3ccccc3[n+]([O-])c2C(C)=O)cc1OC. The summed E-state index contributed by atoms with van der Waals surface area (Å²) < 4.78 is 16.1. The molecule has 144 valence electrons. The van der Waals surface area contributed by atoms with Gasteiger partial charge < -0.3 is 19.4 Å². The minimum Gasteiger partial charge on any atom is -0.618 e. The van der Waals surface area contributed by atoms with E-state index in [1.165, 1.54) is 33.3 Å². The lowest BCUT2D eigenvalue weighted by Crippen LogP contribution is -2.37. The maximum absolute atomic E-state index is 12.5. The molecule has 0 saturated heterocycles. The predicted octanol–water partition coefficient (Wildman–Crippen LogP) is 2.45. The molecule has 8 heteroatoms. The monoisotopic (exact) mass is 382 g/mol. The molecular formula is C20H18N2O6. The molecule has 0 N–H and O–H groups in total. The van der Waals surface area contributed by atoms with E-state index in [9.17, 15) is 14.8 Å². The largest absolute Gasteiger partial charge is 0.618 e. The van der Waals surface area contributed by atoms with Crippen molar-refractivity contribution in [3.05, 3.63) is 64.6 Å². The minimum atomic E-state index is -0.650. The van der Waals surface area contributed by atoms with E-state index in [4.69, 9.17) is 14.2 Å². The zero-order valence-electron chi connectivity index (χ0n) is 15.6. The number of methoxy groups -OCH3 is 2. The van der Waals surface area contributed by atoms with Gasteiger partial charge in [0.25, 0.3) is 5.69 Å². The first-order valence-electron chi connectivity index (χ1n) is 8.37. The molecule has 0 fully saturated rings. The van der Waals surface area contributed by atoms with Gasteiger partial charge in [-0.05, 0) is 24.3 Å². The standard InChI is InChI=1S/C20H18N2O6/c1-12(23)19-15(21-14-6-4-5-7-16(14)22(19)25)11-28-20(24)13-8-9-17(26-2)18(10-13)27-3/h4-10H,11H2,1-3H3. The second-order valence-electron chi connectivity index (χ2n) is 5.89. The highest BCUT2D eigenvalue weighted by atomic mass is 16.5. The molecule has 0 aliphatic rings. The lowest BCUT2D eigenvalue weighted by molar-refractivity contribution is -0.580. The van der Waals surface area contributed by atoms with Crippen LogP contribution in [0.1, 0.15) is 33.5 Å². The zero-order valence-corrected chi connectivity index (χ0v) is 15.6. The third-order valence-corrected chi connectivity index (χ3v) is 4.13. The second-order valence-corrected chi connectivity index (χ2v) is 5.89. The summed E-state index contributed by atoms with van der Waals surface area (Å²) >= 11 is 0. The Labute approximate surface area is 160 Å². The minimum absolute atomic E-state index is 0.0926. The van der Waals surface area contributed by atoms with Gasteiger partial charge in [-0.1, -0.05) is 12.1 Å². The van der Waals surface area contributed by atoms with Crippen LogP contribution in [0.15, 0.2) is 42.5 Å². The van der Waals surface area contributed by atoms with Crippen molar-refractivity contribution in [3.8, 4) is 11.5 Å². The first-order chi connectivity index (χ1) is 13.5. The Kier molecular flexibility index (Phi) is 5.39. The molecule has 1 heterocycles. The van der Waals surface area contributed by atoms with Gasteiger partial charge in [0.15, 0.2) is 17.2 Å². The molecule has 0 aliphatic carbocycles. The van der Waals surface area contributed by atoms with Crippen molar-refractivity contribution in [2.24, 2.45) is 0 Å². The summed E-state index contributed by atoms with van der Waals surface area (Å²) in [5.41, 5.74) is 0.842. The lowest BCUT2D eigenvalue weighted by Gasteiger charge is -2.11. The number of carbonyl (C=O) groups excluding carboxylic acids is 2. The van der Waals surface area contributed by atoms with E-state index in [1.807, 2.05) is 0 Å². The molecule has 3 aromatic rings. The van der Waals surface area contributed by atoms with Gasteiger partial charge in [0.05, 0.1) is 19.8 Å². The number of ether oxygens (including phenoxy) is 3. The van der Waals surface area contributed by atoms with Crippen LogP contribution in [0.3, 0.4) is 0 Å². The Morgan fingerprint density at radius 3 is 2.46 bits per heavy atom. The molecule has 0 atom stereocenters. The highest BCUT2D eigenvalue weighted by Crippen LogP contribution is 2.28.